The zero-order valence-electron chi connectivity index (χ0n) is 19.9. The van der Waals surface area contributed by atoms with Gasteiger partial charge in [-0.3, -0.25) is 9.10 Å². The molecule has 1 heterocycles. The molecule has 0 unspecified atom stereocenters. The Morgan fingerprint density at radius 3 is 2.44 bits per heavy atom. The van der Waals surface area contributed by atoms with Crippen LogP contribution < -0.4 is 14.4 Å². The minimum Gasteiger partial charge on any atom is -0.492 e. The third kappa shape index (κ3) is 8.07. The molecule has 1 N–H and O–H groups in total. The standard InChI is InChI=1S/C23H30ClN3O7S2/c1-35(29,30)27(20-5-2-4-19(24)18-20)12-3-6-23(28)25-11-15-34-21-7-9-22(10-8-21)36(31,32)26-13-16-33-17-14-26/h2,4-5,7-10,18H,3,6,11-17H2,1H3,(H,25,28). The van der Waals surface area contributed by atoms with Crippen LogP contribution >= 0.6 is 11.6 Å². The maximum atomic E-state index is 12.7. The molecule has 0 bridgehead atoms. The van der Waals surface area contributed by atoms with Crippen molar-refractivity contribution in [2.75, 3.05) is 56.6 Å². The van der Waals surface area contributed by atoms with E-state index < -0.39 is 20.0 Å². The average Bonchev–Trinajstić information content (AvgIpc) is 2.84. The van der Waals surface area contributed by atoms with Crippen LogP contribution in [0.5, 0.6) is 5.75 Å². The monoisotopic (exact) mass is 559 g/mol. The number of hydrogen-bond acceptors (Lipinski definition) is 7. The summed E-state index contributed by atoms with van der Waals surface area (Å²) in [6, 6.07) is 12.7. The molecule has 13 heteroatoms. The van der Waals surface area contributed by atoms with Crippen LogP contribution in [0.3, 0.4) is 0 Å². The van der Waals surface area contributed by atoms with Crippen molar-refractivity contribution in [1.29, 1.82) is 0 Å². The van der Waals surface area contributed by atoms with E-state index in [1.165, 1.54) is 20.7 Å². The third-order valence-corrected chi connectivity index (χ3v) is 8.73. The lowest BCUT2D eigenvalue weighted by molar-refractivity contribution is -0.121. The quantitative estimate of drug-likeness (QED) is 0.395. The largest absolute Gasteiger partial charge is 0.492 e. The predicted molar refractivity (Wildman–Crippen MR) is 137 cm³/mol. The van der Waals surface area contributed by atoms with Crippen LogP contribution in [-0.2, 0) is 29.6 Å². The molecule has 0 spiro atoms. The lowest BCUT2D eigenvalue weighted by Crippen LogP contribution is -2.40. The third-order valence-electron chi connectivity index (χ3n) is 5.39. The highest BCUT2D eigenvalue weighted by Crippen LogP contribution is 2.22. The summed E-state index contributed by atoms with van der Waals surface area (Å²) >= 11 is 5.97. The molecule has 1 aliphatic heterocycles. The van der Waals surface area contributed by atoms with Gasteiger partial charge in [0.05, 0.1) is 36.6 Å². The van der Waals surface area contributed by atoms with Crippen molar-refractivity contribution in [1.82, 2.24) is 9.62 Å². The number of carbonyl (C=O) groups excluding carboxylic acids is 1. The van der Waals surface area contributed by atoms with E-state index in [-0.39, 0.29) is 36.9 Å². The molecule has 0 atom stereocenters. The van der Waals surface area contributed by atoms with E-state index in [1.54, 1.807) is 36.4 Å². The number of ether oxygens (including phenoxy) is 2. The Hall–Kier alpha value is -2.38. The second-order valence-corrected chi connectivity index (χ2v) is 12.4. The summed E-state index contributed by atoms with van der Waals surface area (Å²) in [6.07, 6.45) is 1.57. The summed E-state index contributed by atoms with van der Waals surface area (Å²) in [7, 11) is -7.09. The van der Waals surface area contributed by atoms with Gasteiger partial charge >= 0.3 is 0 Å². The molecule has 1 aliphatic rings. The van der Waals surface area contributed by atoms with E-state index in [0.717, 1.165) is 6.26 Å². The Kier molecular flexibility index (Phi) is 9.97. The number of carbonyl (C=O) groups is 1. The van der Waals surface area contributed by atoms with Gasteiger partial charge in [0, 0.05) is 31.1 Å². The summed E-state index contributed by atoms with van der Waals surface area (Å²) < 4.78 is 63.0. The number of halogens is 1. The fraction of sp³-hybridized carbons (Fsp3) is 0.435. The summed E-state index contributed by atoms with van der Waals surface area (Å²) in [5.41, 5.74) is 0.447. The SMILES string of the molecule is CS(=O)(=O)N(CCCC(=O)NCCOc1ccc(S(=O)(=O)N2CCOCC2)cc1)c1cccc(Cl)c1. The molecular formula is C23H30ClN3O7S2. The molecule has 1 amide bonds. The average molecular weight is 560 g/mol. The van der Waals surface area contributed by atoms with Crippen LogP contribution in [0.25, 0.3) is 0 Å². The van der Waals surface area contributed by atoms with Crippen molar-refractivity contribution in [3.8, 4) is 5.75 Å². The second kappa shape index (κ2) is 12.7. The number of morpholine rings is 1. The predicted octanol–water partition coefficient (Wildman–Crippen LogP) is 2.10. The highest BCUT2D eigenvalue weighted by atomic mass is 35.5. The molecule has 0 saturated carbocycles. The van der Waals surface area contributed by atoms with E-state index in [2.05, 4.69) is 5.32 Å². The van der Waals surface area contributed by atoms with Crippen molar-refractivity contribution in [2.24, 2.45) is 0 Å². The summed E-state index contributed by atoms with van der Waals surface area (Å²) in [5, 5.41) is 3.15. The Morgan fingerprint density at radius 1 is 1.11 bits per heavy atom. The van der Waals surface area contributed by atoms with Crippen LogP contribution in [0, 0.1) is 0 Å². The summed E-state index contributed by atoms with van der Waals surface area (Å²) in [6.45, 7) is 1.99. The molecule has 198 valence electrons. The zero-order valence-corrected chi connectivity index (χ0v) is 22.3. The Morgan fingerprint density at radius 2 is 1.81 bits per heavy atom. The summed E-state index contributed by atoms with van der Waals surface area (Å²) in [4.78, 5) is 12.3. The van der Waals surface area contributed by atoms with Crippen molar-refractivity contribution in [2.45, 2.75) is 17.7 Å². The van der Waals surface area contributed by atoms with Gasteiger partial charge in [0.1, 0.15) is 12.4 Å². The zero-order chi connectivity index (χ0) is 26.2. The number of anilines is 1. The van der Waals surface area contributed by atoms with E-state index in [9.17, 15) is 21.6 Å². The van der Waals surface area contributed by atoms with Crippen LogP contribution in [-0.4, -0.2) is 79.3 Å². The number of amides is 1. The Balaban J connectivity index is 1.40. The molecule has 36 heavy (non-hydrogen) atoms. The number of nitrogens with one attached hydrogen (secondary N) is 1. The van der Waals surface area contributed by atoms with Crippen molar-refractivity contribution >= 4 is 43.2 Å². The molecule has 0 radical (unpaired) electrons. The van der Waals surface area contributed by atoms with Crippen LogP contribution in [0.15, 0.2) is 53.4 Å². The van der Waals surface area contributed by atoms with Gasteiger partial charge < -0.3 is 14.8 Å². The summed E-state index contributed by atoms with van der Waals surface area (Å²) in [5.74, 6) is 0.251. The van der Waals surface area contributed by atoms with Gasteiger partial charge in [-0.15, -0.1) is 0 Å². The lowest BCUT2D eigenvalue weighted by atomic mass is 10.2. The molecule has 0 aromatic heterocycles. The fourth-order valence-corrected chi connectivity index (χ4v) is 6.14. The molecular weight excluding hydrogens is 530 g/mol. The molecule has 3 rings (SSSR count). The number of sulfonamides is 2. The minimum atomic E-state index is -3.57. The molecule has 0 aliphatic carbocycles. The number of benzene rings is 2. The van der Waals surface area contributed by atoms with Gasteiger partial charge in [0.15, 0.2) is 0 Å². The van der Waals surface area contributed by atoms with E-state index in [1.807, 2.05) is 0 Å². The first-order chi connectivity index (χ1) is 17.1. The fourth-order valence-electron chi connectivity index (χ4n) is 3.59. The molecule has 10 nitrogen and oxygen atoms in total. The topological polar surface area (TPSA) is 122 Å². The maximum absolute atomic E-state index is 12.7. The van der Waals surface area contributed by atoms with Gasteiger partial charge in [0.2, 0.25) is 26.0 Å². The van der Waals surface area contributed by atoms with E-state index >= 15 is 0 Å². The second-order valence-electron chi connectivity index (χ2n) is 8.10. The van der Waals surface area contributed by atoms with Crippen molar-refractivity contribution < 1.29 is 31.1 Å². The highest BCUT2D eigenvalue weighted by Gasteiger charge is 2.26. The van der Waals surface area contributed by atoms with Crippen LogP contribution in [0.1, 0.15) is 12.8 Å². The van der Waals surface area contributed by atoms with Gasteiger partial charge in [-0.1, -0.05) is 17.7 Å². The molecule has 2 aromatic carbocycles. The molecule has 2 aromatic rings. The van der Waals surface area contributed by atoms with Gasteiger partial charge in [-0.2, -0.15) is 4.31 Å². The Bertz CT molecular complexity index is 1230. The first-order valence-electron chi connectivity index (χ1n) is 11.4. The Labute approximate surface area is 217 Å². The first kappa shape index (κ1) is 28.2. The van der Waals surface area contributed by atoms with Crippen molar-refractivity contribution in [3.05, 3.63) is 53.6 Å². The number of rotatable bonds is 12. The lowest BCUT2D eigenvalue weighted by Gasteiger charge is -2.26. The number of nitrogens with zero attached hydrogens (tertiary/aromatic N) is 2. The van der Waals surface area contributed by atoms with Gasteiger partial charge in [-0.05, 0) is 48.9 Å². The van der Waals surface area contributed by atoms with Crippen molar-refractivity contribution in [3.63, 3.8) is 0 Å². The normalized spacial score (nSPS) is 14.8. The smallest absolute Gasteiger partial charge is 0.243 e. The van der Waals surface area contributed by atoms with Crippen LogP contribution in [0.4, 0.5) is 5.69 Å². The van der Waals surface area contributed by atoms with Crippen LogP contribution in [0.2, 0.25) is 5.02 Å². The maximum Gasteiger partial charge on any atom is 0.243 e. The first-order valence-corrected chi connectivity index (χ1v) is 15.0. The minimum absolute atomic E-state index is 0.140. The molecule has 1 saturated heterocycles. The number of hydrogen-bond donors (Lipinski definition) is 1. The highest BCUT2D eigenvalue weighted by molar-refractivity contribution is 7.92. The van der Waals surface area contributed by atoms with Gasteiger partial charge in [0.25, 0.3) is 0 Å². The van der Waals surface area contributed by atoms with E-state index in [0.29, 0.717) is 49.2 Å². The molecule has 1 fully saturated rings. The van der Waals surface area contributed by atoms with Gasteiger partial charge in [-0.25, -0.2) is 16.8 Å². The van der Waals surface area contributed by atoms with E-state index in [4.69, 9.17) is 21.1 Å².